The fraction of sp³-hybridized carbons (Fsp3) is 0.217. The molecule has 0 aliphatic carbocycles. The van der Waals surface area contributed by atoms with Crippen LogP contribution in [0.15, 0.2) is 60.7 Å². The van der Waals surface area contributed by atoms with Crippen LogP contribution in [0.4, 0.5) is 5.69 Å². The zero-order valence-corrected chi connectivity index (χ0v) is 19.5. The Hall–Kier alpha value is -2.98. The molecule has 5 N–H and O–H groups in total. The van der Waals surface area contributed by atoms with Crippen molar-refractivity contribution in [3.63, 3.8) is 0 Å². The summed E-state index contributed by atoms with van der Waals surface area (Å²) in [4.78, 5) is 3.39. The van der Waals surface area contributed by atoms with Crippen LogP contribution in [-0.2, 0) is 10.0 Å². The molecule has 0 bridgehead atoms. The third kappa shape index (κ3) is 6.08. The molecule has 33 heavy (non-hydrogen) atoms. The van der Waals surface area contributed by atoms with Gasteiger partial charge in [-0.25, -0.2) is 8.42 Å². The normalized spacial score (nSPS) is 12.4. The Morgan fingerprint density at radius 1 is 1.03 bits per heavy atom. The topological polar surface area (TPSA) is 124 Å². The number of fused-ring (bicyclic) bond motifs is 3. The van der Waals surface area contributed by atoms with Crippen LogP contribution in [0.3, 0.4) is 0 Å². The van der Waals surface area contributed by atoms with Crippen molar-refractivity contribution in [1.82, 2.24) is 10.3 Å². The molecule has 4 rings (SSSR count). The maximum absolute atomic E-state index is 11.4. The molecule has 0 spiro atoms. The summed E-state index contributed by atoms with van der Waals surface area (Å²) in [5.41, 5.74) is 2.60. The number of aliphatic hydroxyl groups is 1. The second-order valence-electron chi connectivity index (χ2n) is 7.60. The zero-order chi connectivity index (χ0) is 22.7. The summed E-state index contributed by atoms with van der Waals surface area (Å²) < 4.78 is 30.8. The van der Waals surface area contributed by atoms with Crippen LogP contribution in [-0.4, -0.2) is 49.6 Å². The van der Waals surface area contributed by atoms with Crippen molar-refractivity contribution < 1.29 is 23.4 Å². The molecule has 4 aromatic rings. The Balaban J connectivity index is 0.00000306. The number of hydrogen-bond acceptors (Lipinski definition) is 6. The van der Waals surface area contributed by atoms with E-state index in [0.29, 0.717) is 18.7 Å². The SMILES string of the molecule is CS(=O)(=O)Nc1cc([C@H](O)CNCCOc2ccc3c(c2)[nH]c2ccccc23)ccc1O.Cl. The quantitative estimate of drug-likeness (QED) is 0.180. The van der Waals surface area contributed by atoms with Crippen LogP contribution in [0, 0.1) is 0 Å². The molecule has 0 radical (unpaired) electrons. The maximum atomic E-state index is 11.4. The molecule has 0 saturated heterocycles. The van der Waals surface area contributed by atoms with Crippen molar-refractivity contribution in [3.05, 3.63) is 66.2 Å². The van der Waals surface area contributed by atoms with E-state index in [1.54, 1.807) is 6.07 Å². The average molecular weight is 492 g/mol. The minimum Gasteiger partial charge on any atom is -0.506 e. The van der Waals surface area contributed by atoms with Crippen LogP contribution in [0.2, 0.25) is 0 Å². The van der Waals surface area contributed by atoms with E-state index >= 15 is 0 Å². The molecule has 0 amide bonds. The van der Waals surface area contributed by atoms with Gasteiger partial charge in [0.1, 0.15) is 18.1 Å². The molecule has 0 fully saturated rings. The Labute approximate surface area is 198 Å². The second-order valence-corrected chi connectivity index (χ2v) is 9.35. The average Bonchev–Trinajstić information content (AvgIpc) is 3.11. The first-order chi connectivity index (χ1) is 15.3. The number of benzene rings is 3. The van der Waals surface area contributed by atoms with Gasteiger partial charge in [0, 0.05) is 35.4 Å². The van der Waals surface area contributed by atoms with Gasteiger partial charge >= 0.3 is 0 Å². The lowest BCUT2D eigenvalue weighted by Crippen LogP contribution is -2.26. The molecule has 0 aliphatic heterocycles. The fourth-order valence-electron chi connectivity index (χ4n) is 3.56. The number of aromatic hydroxyl groups is 1. The summed E-state index contributed by atoms with van der Waals surface area (Å²) >= 11 is 0. The third-order valence-electron chi connectivity index (χ3n) is 5.06. The predicted octanol–water partition coefficient (Wildman–Crippen LogP) is 3.52. The molecule has 1 atom stereocenters. The van der Waals surface area contributed by atoms with E-state index in [4.69, 9.17) is 4.74 Å². The van der Waals surface area contributed by atoms with E-state index in [-0.39, 0.29) is 30.4 Å². The number of hydrogen-bond donors (Lipinski definition) is 5. The van der Waals surface area contributed by atoms with E-state index in [0.717, 1.165) is 28.4 Å². The number of aliphatic hydroxyl groups excluding tert-OH is 1. The summed E-state index contributed by atoms with van der Waals surface area (Å²) in [6, 6.07) is 18.4. The van der Waals surface area contributed by atoms with Crippen LogP contribution >= 0.6 is 12.4 Å². The summed E-state index contributed by atoms with van der Waals surface area (Å²) in [6.45, 7) is 1.16. The molecule has 1 aromatic heterocycles. The number of aromatic amines is 1. The van der Waals surface area contributed by atoms with E-state index in [9.17, 15) is 18.6 Å². The van der Waals surface area contributed by atoms with Crippen molar-refractivity contribution in [2.24, 2.45) is 0 Å². The van der Waals surface area contributed by atoms with E-state index in [2.05, 4.69) is 21.1 Å². The highest BCUT2D eigenvalue weighted by Gasteiger charge is 2.13. The molecule has 0 unspecified atom stereocenters. The Morgan fingerprint density at radius 2 is 1.79 bits per heavy atom. The lowest BCUT2D eigenvalue weighted by atomic mass is 10.1. The van der Waals surface area contributed by atoms with Gasteiger partial charge in [-0.2, -0.15) is 0 Å². The van der Waals surface area contributed by atoms with Gasteiger partial charge in [-0.15, -0.1) is 12.4 Å². The minimum absolute atomic E-state index is 0. The number of para-hydroxylation sites is 1. The van der Waals surface area contributed by atoms with Crippen molar-refractivity contribution in [1.29, 1.82) is 0 Å². The van der Waals surface area contributed by atoms with Crippen LogP contribution < -0.4 is 14.8 Å². The first kappa shape index (κ1) is 24.7. The number of anilines is 1. The van der Waals surface area contributed by atoms with E-state index < -0.39 is 16.1 Å². The largest absolute Gasteiger partial charge is 0.506 e. The van der Waals surface area contributed by atoms with Gasteiger partial charge in [0.15, 0.2) is 0 Å². The number of sulfonamides is 1. The fourth-order valence-corrected chi connectivity index (χ4v) is 4.13. The minimum atomic E-state index is -3.54. The Morgan fingerprint density at radius 3 is 2.58 bits per heavy atom. The van der Waals surface area contributed by atoms with Crippen molar-refractivity contribution >= 4 is 49.9 Å². The summed E-state index contributed by atoms with van der Waals surface area (Å²) in [6.07, 6.45) is 0.117. The molecule has 1 heterocycles. The van der Waals surface area contributed by atoms with Gasteiger partial charge in [-0.05, 0) is 35.9 Å². The predicted molar refractivity (Wildman–Crippen MR) is 133 cm³/mol. The number of nitrogens with one attached hydrogen (secondary N) is 3. The van der Waals surface area contributed by atoms with Crippen LogP contribution in [0.25, 0.3) is 21.8 Å². The molecule has 8 nitrogen and oxygen atoms in total. The Bertz CT molecular complexity index is 1360. The highest BCUT2D eigenvalue weighted by atomic mass is 35.5. The van der Waals surface area contributed by atoms with Crippen molar-refractivity contribution in [2.75, 3.05) is 30.7 Å². The standard InChI is InChI=1S/C23H25N3O5S.ClH/c1-32(29,30)26-21-12-15(6-9-22(21)27)23(28)14-24-10-11-31-16-7-8-18-17-4-2-3-5-19(17)25-20(18)13-16;/h2-9,12-13,23-28H,10-11,14H2,1H3;1H/t23-;/m1./s1. The Kier molecular flexibility index (Phi) is 7.70. The van der Waals surface area contributed by atoms with Gasteiger partial charge in [0.25, 0.3) is 0 Å². The van der Waals surface area contributed by atoms with Gasteiger partial charge in [0.2, 0.25) is 10.0 Å². The van der Waals surface area contributed by atoms with Crippen LogP contribution in [0.1, 0.15) is 11.7 Å². The summed E-state index contributed by atoms with van der Waals surface area (Å²) in [5.74, 6) is 0.543. The molecule has 10 heteroatoms. The highest BCUT2D eigenvalue weighted by Crippen LogP contribution is 2.29. The second kappa shape index (κ2) is 10.3. The molecular formula is C23H26ClN3O5S. The lowest BCUT2D eigenvalue weighted by Gasteiger charge is -2.15. The van der Waals surface area contributed by atoms with Gasteiger partial charge in [0.05, 0.1) is 23.6 Å². The van der Waals surface area contributed by atoms with Gasteiger partial charge < -0.3 is 25.3 Å². The van der Waals surface area contributed by atoms with Crippen molar-refractivity contribution in [3.8, 4) is 11.5 Å². The molecule has 176 valence electrons. The van der Waals surface area contributed by atoms with Gasteiger partial charge in [-0.1, -0.05) is 24.3 Å². The van der Waals surface area contributed by atoms with E-state index in [1.807, 2.05) is 36.4 Å². The first-order valence-electron chi connectivity index (χ1n) is 10.1. The van der Waals surface area contributed by atoms with Gasteiger partial charge in [-0.3, -0.25) is 4.72 Å². The smallest absolute Gasteiger partial charge is 0.229 e. The summed E-state index contributed by atoms with van der Waals surface area (Å²) in [5, 5.41) is 25.6. The maximum Gasteiger partial charge on any atom is 0.229 e. The molecule has 3 aromatic carbocycles. The van der Waals surface area contributed by atoms with E-state index in [1.165, 1.54) is 17.5 Å². The third-order valence-corrected chi connectivity index (χ3v) is 5.65. The zero-order valence-electron chi connectivity index (χ0n) is 17.9. The molecular weight excluding hydrogens is 466 g/mol. The number of phenolic OH excluding ortho intramolecular Hbond substituents is 1. The monoisotopic (exact) mass is 491 g/mol. The molecule has 0 aliphatic rings. The number of phenols is 1. The number of ether oxygens (including phenoxy) is 1. The number of aromatic nitrogens is 1. The number of halogens is 1. The highest BCUT2D eigenvalue weighted by molar-refractivity contribution is 7.92. The summed E-state index contributed by atoms with van der Waals surface area (Å²) in [7, 11) is -3.54. The number of rotatable bonds is 9. The first-order valence-corrected chi connectivity index (χ1v) is 12.0. The number of H-pyrrole nitrogens is 1. The lowest BCUT2D eigenvalue weighted by molar-refractivity contribution is 0.172. The van der Waals surface area contributed by atoms with Crippen molar-refractivity contribution in [2.45, 2.75) is 6.10 Å². The van der Waals surface area contributed by atoms with Crippen LogP contribution in [0.5, 0.6) is 11.5 Å². The molecule has 0 saturated carbocycles.